The Morgan fingerprint density at radius 2 is 2.14 bits per heavy atom. The molecule has 2 unspecified atom stereocenters. The summed E-state index contributed by atoms with van der Waals surface area (Å²) in [5.74, 6) is 0. The van der Waals surface area contributed by atoms with E-state index in [4.69, 9.17) is 0 Å². The van der Waals surface area contributed by atoms with E-state index in [1.165, 1.54) is 5.56 Å². The summed E-state index contributed by atoms with van der Waals surface area (Å²) in [5.41, 5.74) is 1.79. The summed E-state index contributed by atoms with van der Waals surface area (Å²) in [6.07, 6.45) is 8.95. The van der Waals surface area contributed by atoms with E-state index in [-0.39, 0.29) is 10.8 Å². The second-order valence-electron chi connectivity index (χ2n) is 7.64. The largest absolute Gasteiger partial charge is 0.370 e. The van der Waals surface area contributed by atoms with Gasteiger partial charge < -0.3 is 10.4 Å². The Labute approximate surface area is 132 Å². The summed E-state index contributed by atoms with van der Waals surface area (Å²) < 4.78 is 0. The smallest absolute Gasteiger partial charge is 0.146 e. The van der Waals surface area contributed by atoms with Crippen LogP contribution in [0.25, 0.3) is 0 Å². The summed E-state index contributed by atoms with van der Waals surface area (Å²) in [7, 11) is 0. The molecule has 0 bridgehead atoms. The number of benzene rings is 1. The van der Waals surface area contributed by atoms with Crippen molar-refractivity contribution in [3.8, 4) is 0 Å². The number of para-hydroxylation sites is 1. The first-order chi connectivity index (χ1) is 10.7. The first kappa shape index (κ1) is 13.1. The van der Waals surface area contributed by atoms with Crippen molar-refractivity contribution in [1.29, 1.82) is 0 Å². The molecule has 2 N–H and O–H groups in total. The number of nitrogens with one attached hydrogen (secondary N) is 1. The molecule has 3 aliphatic heterocycles. The highest BCUT2D eigenvalue weighted by Gasteiger charge is 2.71. The molecule has 1 aliphatic carbocycles. The Kier molecular flexibility index (Phi) is 2.36. The molecule has 3 heterocycles. The molecule has 5 rings (SSSR count). The van der Waals surface area contributed by atoms with Gasteiger partial charge in [0.15, 0.2) is 0 Å². The zero-order chi connectivity index (χ0) is 15.0. The van der Waals surface area contributed by atoms with Gasteiger partial charge in [-0.2, -0.15) is 0 Å². The molecule has 4 atom stereocenters. The van der Waals surface area contributed by atoms with Gasteiger partial charge in [-0.3, -0.25) is 4.90 Å². The third kappa shape index (κ3) is 1.24. The predicted molar refractivity (Wildman–Crippen MR) is 87.8 cm³/mol. The zero-order valence-electron chi connectivity index (χ0n) is 13.2. The molecule has 1 spiro atoms. The molecule has 4 aliphatic rings. The third-order valence-corrected chi connectivity index (χ3v) is 7.06. The van der Waals surface area contributed by atoms with Gasteiger partial charge >= 0.3 is 0 Å². The summed E-state index contributed by atoms with van der Waals surface area (Å²) in [6, 6.07) is 9.00. The minimum absolute atomic E-state index is 0.150. The van der Waals surface area contributed by atoms with Crippen LogP contribution in [0, 0.1) is 5.41 Å². The lowest BCUT2D eigenvalue weighted by Crippen LogP contribution is -2.68. The predicted octanol–water partition coefficient (Wildman–Crippen LogP) is 2.87. The quantitative estimate of drug-likeness (QED) is 0.782. The molecule has 22 heavy (non-hydrogen) atoms. The first-order valence-electron chi connectivity index (χ1n) is 8.67. The van der Waals surface area contributed by atoms with E-state index in [0.717, 1.165) is 44.5 Å². The van der Waals surface area contributed by atoms with Crippen molar-refractivity contribution in [2.45, 2.75) is 49.8 Å². The molecule has 1 saturated heterocycles. The molecule has 1 saturated carbocycles. The summed E-state index contributed by atoms with van der Waals surface area (Å²) >= 11 is 0. The van der Waals surface area contributed by atoms with Crippen molar-refractivity contribution < 1.29 is 5.11 Å². The Morgan fingerprint density at radius 1 is 1.27 bits per heavy atom. The second-order valence-corrected chi connectivity index (χ2v) is 7.64. The van der Waals surface area contributed by atoms with E-state index < -0.39 is 5.72 Å². The maximum atomic E-state index is 11.6. The van der Waals surface area contributed by atoms with Crippen molar-refractivity contribution in [1.82, 2.24) is 4.90 Å². The van der Waals surface area contributed by atoms with Crippen LogP contribution in [0.1, 0.15) is 38.2 Å². The van der Waals surface area contributed by atoms with E-state index in [1.807, 2.05) is 0 Å². The van der Waals surface area contributed by atoms with Crippen LogP contribution in [-0.2, 0) is 5.41 Å². The molecular weight excluding hydrogens is 272 g/mol. The van der Waals surface area contributed by atoms with Crippen LogP contribution in [0.5, 0.6) is 0 Å². The molecule has 3 nitrogen and oxygen atoms in total. The van der Waals surface area contributed by atoms with Crippen LogP contribution >= 0.6 is 0 Å². The van der Waals surface area contributed by atoms with Crippen molar-refractivity contribution >= 4 is 5.69 Å². The molecule has 0 radical (unpaired) electrons. The van der Waals surface area contributed by atoms with Gasteiger partial charge in [-0.1, -0.05) is 37.3 Å². The molecule has 1 aromatic rings. The van der Waals surface area contributed by atoms with E-state index in [0.29, 0.717) is 6.04 Å². The maximum Gasteiger partial charge on any atom is 0.146 e. The third-order valence-electron chi connectivity index (χ3n) is 7.06. The van der Waals surface area contributed by atoms with E-state index >= 15 is 0 Å². The number of aliphatic hydroxyl groups is 1. The Bertz CT molecular complexity index is 671. The highest BCUT2D eigenvalue weighted by atomic mass is 16.3. The van der Waals surface area contributed by atoms with E-state index in [2.05, 4.69) is 53.6 Å². The summed E-state index contributed by atoms with van der Waals surface area (Å²) in [5, 5.41) is 15.1. The number of rotatable bonds is 1. The monoisotopic (exact) mass is 296 g/mol. The normalized spacial score (nSPS) is 45.1. The van der Waals surface area contributed by atoms with Gasteiger partial charge in [-0.25, -0.2) is 0 Å². The van der Waals surface area contributed by atoms with Crippen molar-refractivity contribution in [3.05, 3.63) is 42.0 Å². The van der Waals surface area contributed by atoms with Gasteiger partial charge in [0.1, 0.15) is 5.72 Å². The number of hydrogen-bond acceptors (Lipinski definition) is 3. The highest BCUT2D eigenvalue weighted by Crippen LogP contribution is 2.65. The maximum absolute atomic E-state index is 11.6. The molecule has 2 fully saturated rings. The summed E-state index contributed by atoms with van der Waals surface area (Å²) in [4.78, 5) is 2.62. The average Bonchev–Trinajstić information content (AvgIpc) is 3.06. The van der Waals surface area contributed by atoms with Crippen LogP contribution < -0.4 is 5.32 Å². The van der Waals surface area contributed by atoms with Crippen LogP contribution in [-0.4, -0.2) is 34.9 Å². The zero-order valence-corrected chi connectivity index (χ0v) is 13.2. The van der Waals surface area contributed by atoms with Crippen LogP contribution in [0.15, 0.2) is 36.4 Å². The van der Waals surface area contributed by atoms with Crippen LogP contribution in [0.3, 0.4) is 0 Å². The molecule has 0 amide bonds. The van der Waals surface area contributed by atoms with Gasteiger partial charge in [0.2, 0.25) is 0 Å². The van der Waals surface area contributed by atoms with Gasteiger partial charge in [0.25, 0.3) is 0 Å². The lowest BCUT2D eigenvalue weighted by atomic mass is 9.52. The Hall–Kier alpha value is -1.32. The van der Waals surface area contributed by atoms with Crippen LogP contribution in [0.4, 0.5) is 5.69 Å². The fourth-order valence-electron chi connectivity index (χ4n) is 6.12. The Balaban J connectivity index is 1.79. The fourth-order valence-corrected chi connectivity index (χ4v) is 6.12. The van der Waals surface area contributed by atoms with Crippen molar-refractivity contribution in [3.63, 3.8) is 0 Å². The fraction of sp³-hybridized carbons (Fsp3) is 0.579. The molecule has 3 heteroatoms. The lowest BCUT2D eigenvalue weighted by molar-refractivity contribution is -0.0979. The molecular formula is C19H24N2O. The van der Waals surface area contributed by atoms with Gasteiger partial charge in [-0.05, 0) is 43.9 Å². The SMILES string of the molecule is CC[C@]12C=CCN3CCC4(c5ccccc5NC4(O)CC1)[C@@H]32. The van der Waals surface area contributed by atoms with Crippen LogP contribution in [0.2, 0.25) is 0 Å². The Morgan fingerprint density at radius 3 is 3.00 bits per heavy atom. The standard InChI is InChI=1S/C19H24N2O/c1-2-17-8-5-12-21-13-11-18(16(17)21)14-6-3-4-7-15(14)20-19(18,22)10-9-17/h3-8,16,20,22H,2,9-13H2,1H3/t16-,17-,18?,19?/m0/s1. The number of nitrogens with zero attached hydrogens (tertiary/aromatic N) is 1. The topological polar surface area (TPSA) is 35.5 Å². The van der Waals surface area contributed by atoms with Gasteiger partial charge in [0, 0.05) is 23.7 Å². The van der Waals surface area contributed by atoms with Gasteiger partial charge in [0.05, 0.1) is 5.41 Å². The first-order valence-corrected chi connectivity index (χ1v) is 8.67. The number of anilines is 1. The van der Waals surface area contributed by atoms with Gasteiger partial charge in [-0.15, -0.1) is 0 Å². The van der Waals surface area contributed by atoms with E-state index in [9.17, 15) is 5.11 Å². The molecule has 1 aromatic carbocycles. The minimum Gasteiger partial charge on any atom is -0.370 e. The average molecular weight is 296 g/mol. The molecule has 0 aromatic heterocycles. The molecule has 116 valence electrons. The minimum atomic E-state index is -0.778. The van der Waals surface area contributed by atoms with E-state index in [1.54, 1.807) is 0 Å². The number of hydrogen-bond donors (Lipinski definition) is 2. The number of fused-ring (bicyclic) bond motifs is 1. The lowest BCUT2D eigenvalue weighted by Gasteiger charge is -2.58. The van der Waals surface area contributed by atoms with Crippen molar-refractivity contribution in [2.75, 3.05) is 18.4 Å². The second kappa shape index (κ2) is 3.95. The highest BCUT2D eigenvalue weighted by molar-refractivity contribution is 5.66. The summed E-state index contributed by atoms with van der Waals surface area (Å²) in [6.45, 7) is 4.44. The van der Waals surface area contributed by atoms with Crippen molar-refractivity contribution in [2.24, 2.45) is 5.41 Å².